The molecule has 0 saturated carbocycles. The lowest BCUT2D eigenvalue weighted by Gasteiger charge is -2.33. The smallest absolute Gasteiger partial charge is 0.155 e. The van der Waals surface area contributed by atoms with Crippen molar-refractivity contribution < 1.29 is 8.78 Å². The Hall–Kier alpha value is -3.46. The molecular weight excluding hydrogens is 388 g/mol. The number of hydrogen-bond acceptors (Lipinski definition) is 6. The molecule has 1 aliphatic rings. The Morgan fingerprint density at radius 1 is 1.03 bits per heavy atom. The topological polar surface area (TPSA) is 71.2 Å². The maximum absolute atomic E-state index is 13.5. The van der Waals surface area contributed by atoms with E-state index in [-0.39, 0.29) is 11.9 Å². The fraction of sp³-hybridized carbons (Fsp3) is 0.238. The van der Waals surface area contributed by atoms with E-state index in [0.29, 0.717) is 24.4 Å². The predicted molar refractivity (Wildman–Crippen MR) is 109 cm³/mol. The van der Waals surface area contributed by atoms with Crippen molar-refractivity contribution in [1.29, 1.82) is 0 Å². The van der Waals surface area contributed by atoms with Gasteiger partial charge in [-0.05, 0) is 42.5 Å². The van der Waals surface area contributed by atoms with Gasteiger partial charge in [0, 0.05) is 30.8 Å². The second-order valence-corrected chi connectivity index (χ2v) is 7.16. The van der Waals surface area contributed by atoms with Gasteiger partial charge in [0.1, 0.15) is 24.0 Å². The Kier molecular flexibility index (Phi) is 4.80. The number of imidazole rings is 1. The molecule has 4 heterocycles. The van der Waals surface area contributed by atoms with Crippen molar-refractivity contribution in [2.45, 2.75) is 6.04 Å². The third-order valence-corrected chi connectivity index (χ3v) is 5.20. The van der Waals surface area contributed by atoms with Gasteiger partial charge in [0.2, 0.25) is 0 Å². The number of alkyl halides is 1. The number of anilines is 1. The van der Waals surface area contributed by atoms with Crippen LogP contribution in [0.1, 0.15) is 0 Å². The van der Waals surface area contributed by atoms with Crippen LogP contribution >= 0.6 is 0 Å². The zero-order chi connectivity index (χ0) is 20.5. The van der Waals surface area contributed by atoms with Crippen LogP contribution in [0.4, 0.5) is 14.6 Å². The Balaban J connectivity index is 1.66. The molecule has 5 rings (SSSR count). The quantitative estimate of drug-likeness (QED) is 0.561. The molecule has 0 spiro atoms. The molecule has 1 N–H and O–H groups in total. The van der Waals surface area contributed by atoms with Gasteiger partial charge < -0.3 is 10.2 Å². The summed E-state index contributed by atoms with van der Waals surface area (Å²) in [4.78, 5) is 6.81. The van der Waals surface area contributed by atoms with Crippen LogP contribution in [0.15, 0.2) is 54.9 Å². The minimum absolute atomic E-state index is 0.210. The molecule has 1 atom stereocenters. The molecule has 0 bridgehead atoms. The Morgan fingerprint density at radius 3 is 2.67 bits per heavy atom. The number of fused-ring (bicyclic) bond motifs is 1. The molecule has 9 heteroatoms. The summed E-state index contributed by atoms with van der Waals surface area (Å²) in [6.45, 7) is 1.55. The molecule has 1 aromatic carbocycles. The fourth-order valence-corrected chi connectivity index (χ4v) is 3.73. The lowest BCUT2D eigenvalue weighted by molar-refractivity contribution is 0.352. The van der Waals surface area contributed by atoms with Crippen molar-refractivity contribution in [2.75, 3.05) is 31.2 Å². The average molecular weight is 407 g/mol. The molecule has 1 aliphatic heterocycles. The third kappa shape index (κ3) is 3.37. The predicted octanol–water partition coefficient (Wildman–Crippen LogP) is 2.74. The lowest BCUT2D eigenvalue weighted by atomic mass is 10.1. The van der Waals surface area contributed by atoms with E-state index in [1.165, 1.54) is 12.1 Å². The van der Waals surface area contributed by atoms with Gasteiger partial charge in [-0.15, -0.1) is 5.10 Å². The van der Waals surface area contributed by atoms with E-state index in [2.05, 4.69) is 20.4 Å². The SMILES string of the molecule is FCC1CN(c2ccc3nc(-c4ccc(F)cc4)c(-c4ccnnc4)n3n2)CCN1. The van der Waals surface area contributed by atoms with Crippen LogP contribution < -0.4 is 10.2 Å². The fourth-order valence-electron chi connectivity index (χ4n) is 3.73. The van der Waals surface area contributed by atoms with E-state index in [0.717, 1.165) is 29.2 Å². The summed E-state index contributed by atoms with van der Waals surface area (Å²) in [5, 5.41) is 15.8. The summed E-state index contributed by atoms with van der Waals surface area (Å²) in [7, 11) is 0. The highest BCUT2D eigenvalue weighted by Crippen LogP contribution is 2.32. The van der Waals surface area contributed by atoms with Gasteiger partial charge in [-0.25, -0.2) is 18.3 Å². The number of hydrogen-bond donors (Lipinski definition) is 1. The van der Waals surface area contributed by atoms with Crippen LogP contribution in [0.5, 0.6) is 0 Å². The Labute approximate surface area is 171 Å². The van der Waals surface area contributed by atoms with E-state index < -0.39 is 6.67 Å². The van der Waals surface area contributed by atoms with Gasteiger partial charge in [-0.1, -0.05) is 0 Å². The number of piperazine rings is 1. The number of aromatic nitrogens is 5. The normalized spacial score (nSPS) is 16.9. The zero-order valence-electron chi connectivity index (χ0n) is 16.0. The van der Waals surface area contributed by atoms with Crippen LogP contribution in [-0.2, 0) is 0 Å². The van der Waals surface area contributed by atoms with E-state index in [1.54, 1.807) is 29.0 Å². The van der Waals surface area contributed by atoms with E-state index in [1.807, 2.05) is 18.2 Å². The first-order chi connectivity index (χ1) is 14.7. The average Bonchev–Trinajstić information content (AvgIpc) is 3.19. The zero-order valence-corrected chi connectivity index (χ0v) is 16.0. The maximum Gasteiger partial charge on any atom is 0.155 e. The minimum Gasteiger partial charge on any atom is -0.352 e. The van der Waals surface area contributed by atoms with Crippen LogP contribution in [0.2, 0.25) is 0 Å². The molecule has 30 heavy (non-hydrogen) atoms. The molecule has 0 radical (unpaired) electrons. The van der Waals surface area contributed by atoms with Gasteiger partial charge >= 0.3 is 0 Å². The summed E-state index contributed by atoms with van der Waals surface area (Å²) in [5.74, 6) is 0.435. The third-order valence-electron chi connectivity index (χ3n) is 5.20. The maximum atomic E-state index is 13.5. The lowest BCUT2D eigenvalue weighted by Crippen LogP contribution is -2.52. The number of halogens is 2. The molecule has 0 aliphatic carbocycles. The van der Waals surface area contributed by atoms with Gasteiger partial charge in [0.25, 0.3) is 0 Å². The number of nitrogens with zero attached hydrogens (tertiary/aromatic N) is 6. The summed E-state index contributed by atoms with van der Waals surface area (Å²) >= 11 is 0. The number of rotatable bonds is 4. The monoisotopic (exact) mass is 407 g/mol. The van der Waals surface area contributed by atoms with E-state index >= 15 is 0 Å². The molecule has 0 amide bonds. The molecule has 1 unspecified atom stereocenters. The highest BCUT2D eigenvalue weighted by Gasteiger charge is 2.22. The van der Waals surface area contributed by atoms with Gasteiger partial charge in [-0.2, -0.15) is 10.2 Å². The van der Waals surface area contributed by atoms with Crippen molar-refractivity contribution in [2.24, 2.45) is 0 Å². The standard InChI is InChI=1S/C21H19F2N7/c22-11-17-13-29(10-9-24-17)19-6-5-18-27-20(14-1-3-16(23)4-2-14)21(30(18)28-19)15-7-8-25-26-12-15/h1-8,12,17,24H,9-11,13H2. The molecular formula is C21H19F2N7. The second-order valence-electron chi connectivity index (χ2n) is 7.16. The van der Waals surface area contributed by atoms with E-state index in [9.17, 15) is 8.78 Å². The first-order valence-corrected chi connectivity index (χ1v) is 9.70. The van der Waals surface area contributed by atoms with Gasteiger partial charge in [0.15, 0.2) is 5.65 Å². The summed E-state index contributed by atoms with van der Waals surface area (Å²) in [6, 6.07) is 11.6. The highest BCUT2D eigenvalue weighted by molar-refractivity contribution is 5.81. The minimum atomic E-state index is -0.424. The number of nitrogens with one attached hydrogen (secondary N) is 1. The summed E-state index contributed by atoms with van der Waals surface area (Å²) in [6.07, 6.45) is 3.25. The molecule has 3 aromatic heterocycles. The van der Waals surface area contributed by atoms with Crippen LogP contribution in [-0.4, -0.2) is 57.1 Å². The first kappa shape index (κ1) is 18.6. The molecule has 1 fully saturated rings. The second kappa shape index (κ2) is 7.75. The first-order valence-electron chi connectivity index (χ1n) is 9.70. The molecule has 7 nitrogen and oxygen atoms in total. The molecule has 152 valence electrons. The Morgan fingerprint density at radius 2 is 1.90 bits per heavy atom. The van der Waals surface area contributed by atoms with Crippen LogP contribution in [0, 0.1) is 5.82 Å². The number of benzene rings is 1. The van der Waals surface area contributed by atoms with Crippen molar-refractivity contribution in [3.63, 3.8) is 0 Å². The van der Waals surface area contributed by atoms with E-state index in [4.69, 9.17) is 10.1 Å². The van der Waals surface area contributed by atoms with Crippen molar-refractivity contribution in [3.8, 4) is 22.5 Å². The summed E-state index contributed by atoms with van der Waals surface area (Å²) in [5.41, 5.74) is 3.64. The molecule has 1 saturated heterocycles. The van der Waals surface area contributed by atoms with Crippen LogP contribution in [0.25, 0.3) is 28.2 Å². The van der Waals surface area contributed by atoms with Crippen molar-refractivity contribution in [1.82, 2.24) is 30.1 Å². The summed E-state index contributed by atoms with van der Waals surface area (Å²) < 4.78 is 28.4. The van der Waals surface area contributed by atoms with Crippen LogP contribution in [0.3, 0.4) is 0 Å². The van der Waals surface area contributed by atoms with Crippen molar-refractivity contribution >= 4 is 11.5 Å². The highest BCUT2D eigenvalue weighted by atomic mass is 19.1. The van der Waals surface area contributed by atoms with Crippen molar-refractivity contribution in [3.05, 3.63) is 60.7 Å². The largest absolute Gasteiger partial charge is 0.352 e. The van der Waals surface area contributed by atoms with Gasteiger partial charge in [-0.3, -0.25) is 0 Å². The molecule has 4 aromatic rings. The van der Waals surface area contributed by atoms with Gasteiger partial charge in [0.05, 0.1) is 24.1 Å². The Bertz CT molecular complexity index is 1160.